The summed E-state index contributed by atoms with van der Waals surface area (Å²) in [5.74, 6) is -4.17. The number of alkyl halides is 3. The van der Waals surface area contributed by atoms with E-state index in [-0.39, 0.29) is 95.4 Å². The van der Waals surface area contributed by atoms with Crippen LogP contribution in [0.25, 0.3) is 0 Å². The van der Waals surface area contributed by atoms with Crippen molar-refractivity contribution >= 4 is 35.0 Å². The topological polar surface area (TPSA) is 140 Å². The van der Waals surface area contributed by atoms with Crippen LogP contribution in [0, 0.1) is 22.1 Å². The molecule has 1 aliphatic heterocycles. The fourth-order valence-electron chi connectivity index (χ4n) is 5.70. The van der Waals surface area contributed by atoms with E-state index in [1.807, 2.05) is 0 Å². The summed E-state index contributed by atoms with van der Waals surface area (Å²) in [4.78, 5) is 50.3. The number of amides is 3. The van der Waals surface area contributed by atoms with Gasteiger partial charge in [-0.15, -0.1) is 4.91 Å². The summed E-state index contributed by atoms with van der Waals surface area (Å²) in [6, 6.07) is 6.79. The normalized spacial score (nSPS) is 19.9. The molecule has 43 heavy (non-hydrogen) atoms. The summed E-state index contributed by atoms with van der Waals surface area (Å²) >= 11 is 6.28. The lowest BCUT2D eigenvalue weighted by Gasteiger charge is -2.39. The number of allylic oxidation sites excluding steroid dienone is 2. The predicted molar refractivity (Wildman–Crippen MR) is 146 cm³/mol. The van der Waals surface area contributed by atoms with Gasteiger partial charge >= 0.3 is 12.1 Å². The number of nitrogens with one attached hydrogen (secondary N) is 2. The largest absolute Gasteiger partial charge is 0.398 e. The molecule has 1 unspecified atom stereocenters. The first-order chi connectivity index (χ1) is 20.3. The smallest absolute Gasteiger partial charge is 0.389 e. The zero-order valence-electron chi connectivity index (χ0n) is 22.4. The maximum Gasteiger partial charge on any atom is 0.398 e. The molecule has 5 rings (SSSR count). The molecular weight excluding hydrogens is 596 g/mol. The van der Waals surface area contributed by atoms with E-state index in [0.717, 1.165) is 18.2 Å². The van der Waals surface area contributed by atoms with E-state index in [4.69, 9.17) is 17.0 Å². The van der Waals surface area contributed by atoms with Crippen molar-refractivity contribution in [2.45, 2.75) is 49.8 Å². The molecule has 3 amide bonds. The molecule has 14 heteroatoms. The minimum Gasteiger partial charge on any atom is -0.389 e. The minimum atomic E-state index is -4.63. The lowest BCUT2D eigenvalue weighted by molar-refractivity contribution is -0.160. The van der Waals surface area contributed by atoms with Crippen LogP contribution in [0.1, 0.15) is 63.9 Å². The van der Waals surface area contributed by atoms with Gasteiger partial charge in [0.1, 0.15) is 5.82 Å². The SMILES string of the molecule is N=C(C1=C(NC(=O)c2c(Cl)cccc2C2(C(F)(F)F)CC2)CC(C(=O)N2CC(O)C2)CC1)c1ccc(C(=O)N=O)cc1F. The first kappa shape index (κ1) is 30.5. The fraction of sp³-hybridized carbons (Fsp3) is 0.379. The third-order valence-corrected chi connectivity index (χ3v) is 8.58. The van der Waals surface area contributed by atoms with Gasteiger partial charge in [-0.25, -0.2) is 4.39 Å². The van der Waals surface area contributed by atoms with Crippen molar-refractivity contribution in [3.05, 3.63) is 85.7 Å². The Bertz CT molecular complexity index is 1580. The molecule has 1 atom stereocenters. The van der Waals surface area contributed by atoms with Crippen molar-refractivity contribution in [1.82, 2.24) is 10.2 Å². The summed E-state index contributed by atoms with van der Waals surface area (Å²) in [5.41, 5.74) is -3.70. The van der Waals surface area contributed by atoms with Gasteiger partial charge in [0.05, 0.1) is 27.8 Å². The number of hydrogen-bond donors (Lipinski definition) is 3. The first-order valence-corrected chi connectivity index (χ1v) is 13.8. The molecule has 2 aliphatic carbocycles. The molecule has 1 heterocycles. The number of halogens is 5. The molecule has 9 nitrogen and oxygen atoms in total. The highest BCUT2D eigenvalue weighted by atomic mass is 35.5. The number of benzene rings is 2. The number of aliphatic hydroxyl groups is 1. The van der Waals surface area contributed by atoms with Gasteiger partial charge in [-0.05, 0) is 67.5 Å². The maximum atomic E-state index is 15.0. The molecule has 0 bridgehead atoms. The Hall–Kier alpha value is -3.97. The predicted octanol–water partition coefficient (Wildman–Crippen LogP) is 5.03. The summed E-state index contributed by atoms with van der Waals surface area (Å²) in [7, 11) is 0. The van der Waals surface area contributed by atoms with Crippen LogP contribution in [0.3, 0.4) is 0 Å². The van der Waals surface area contributed by atoms with Gasteiger partial charge in [0.15, 0.2) is 0 Å². The Morgan fingerprint density at radius 1 is 1.14 bits per heavy atom. The van der Waals surface area contributed by atoms with Crippen LogP contribution in [0.5, 0.6) is 0 Å². The quantitative estimate of drug-likeness (QED) is 0.226. The van der Waals surface area contributed by atoms with E-state index < -0.39 is 41.2 Å². The van der Waals surface area contributed by atoms with Crippen LogP contribution in [-0.4, -0.2) is 58.8 Å². The van der Waals surface area contributed by atoms with Crippen molar-refractivity contribution in [3.63, 3.8) is 0 Å². The highest BCUT2D eigenvalue weighted by Crippen LogP contribution is 2.60. The molecule has 226 valence electrons. The number of carbonyl (C=O) groups excluding carboxylic acids is 3. The van der Waals surface area contributed by atoms with Crippen LogP contribution in [0.4, 0.5) is 17.6 Å². The van der Waals surface area contributed by atoms with Gasteiger partial charge in [0.25, 0.3) is 5.91 Å². The van der Waals surface area contributed by atoms with Gasteiger partial charge in [0, 0.05) is 41.0 Å². The number of nitrogens with zero attached hydrogens (tertiary/aromatic N) is 2. The third-order valence-electron chi connectivity index (χ3n) is 8.26. The van der Waals surface area contributed by atoms with Crippen molar-refractivity contribution < 1.29 is 37.1 Å². The lowest BCUT2D eigenvalue weighted by Crippen LogP contribution is -2.55. The minimum absolute atomic E-state index is 0.0269. The summed E-state index contributed by atoms with van der Waals surface area (Å²) in [5, 5.41) is 23.0. The Morgan fingerprint density at radius 3 is 2.42 bits per heavy atom. The molecule has 3 N–H and O–H groups in total. The number of β-amino-alcohol motifs (C(OH)–C–C–N with tert-alkyl or cyclic N) is 1. The van der Waals surface area contributed by atoms with Crippen LogP contribution < -0.4 is 5.32 Å². The Balaban J connectivity index is 1.52. The van der Waals surface area contributed by atoms with E-state index in [9.17, 15) is 37.6 Å². The Labute approximate surface area is 247 Å². The average Bonchev–Trinajstić information content (AvgIpc) is 3.76. The number of likely N-dealkylation sites (tertiary alicyclic amines) is 1. The van der Waals surface area contributed by atoms with E-state index in [1.165, 1.54) is 23.1 Å². The summed E-state index contributed by atoms with van der Waals surface area (Å²) in [6.07, 6.45) is -5.60. The second-order valence-corrected chi connectivity index (χ2v) is 11.4. The van der Waals surface area contributed by atoms with E-state index >= 15 is 4.39 Å². The second kappa shape index (κ2) is 11.3. The number of rotatable bonds is 7. The molecular formula is C29H25ClF4N4O5. The second-order valence-electron chi connectivity index (χ2n) is 11.0. The number of carbonyl (C=O) groups is 3. The Kier molecular flexibility index (Phi) is 7.99. The van der Waals surface area contributed by atoms with Crippen molar-refractivity contribution in [2.24, 2.45) is 11.1 Å². The van der Waals surface area contributed by atoms with Crippen molar-refractivity contribution in [3.8, 4) is 0 Å². The molecule has 2 fully saturated rings. The molecule has 1 saturated carbocycles. The van der Waals surface area contributed by atoms with E-state index in [1.54, 1.807) is 0 Å². The van der Waals surface area contributed by atoms with Crippen LogP contribution in [0.15, 0.2) is 52.8 Å². The van der Waals surface area contributed by atoms with Crippen LogP contribution in [-0.2, 0) is 10.2 Å². The van der Waals surface area contributed by atoms with E-state index in [0.29, 0.717) is 0 Å². The van der Waals surface area contributed by atoms with Gasteiger partial charge in [-0.1, -0.05) is 23.7 Å². The monoisotopic (exact) mass is 620 g/mol. The van der Waals surface area contributed by atoms with Gasteiger partial charge in [-0.3, -0.25) is 19.8 Å². The summed E-state index contributed by atoms with van der Waals surface area (Å²) < 4.78 is 57.1. The van der Waals surface area contributed by atoms with Crippen LogP contribution >= 0.6 is 11.6 Å². The number of aliphatic hydroxyl groups excluding tert-OH is 1. The highest BCUT2D eigenvalue weighted by Gasteiger charge is 2.65. The lowest BCUT2D eigenvalue weighted by atomic mass is 9.82. The van der Waals surface area contributed by atoms with Gasteiger partial charge in [0.2, 0.25) is 5.91 Å². The standard InChI is InChI=1S/C29H25ClF4N4O5/c30-20-3-1-2-19(28(8-9-28)29(32,33)34)23(20)26(41)36-22-11-15(27(42)38-12-16(39)13-38)5-7-18(22)24(35)17-6-4-14(10-21(17)31)25(40)37-43/h1-4,6,10,15-16,35,39H,5,7-9,11-13H2,(H,36,41). The number of nitroso groups, excluding NO2 is 1. The van der Waals surface area contributed by atoms with Gasteiger partial charge in [-0.2, -0.15) is 13.2 Å². The zero-order valence-corrected chi connectivity index (χ0v) is 23.2. The third kappa shape index (κ3) is 5.58. The molecule has 3 aliphatic rings. The molecule has 2 aromatic carbocycles. The summed E-state index contributed by atoms with van der Waals surface area (Å²) in [6.45, 7) is 0.274. The Morgan fingerprint density at radius 2 is 1.84 bits per heavy atom. The maximum absolute atomic E-state index is 15.0. The average molecular weight is 621 g/mol. The zero-order chi connectivity index (χ0) is 31.3. The molecule has 0 radical (unpaired) electrons. The molecule has 0 aromatic heterocycles. The van der Waals surface area contributed by atoms with Crippen molar-refractivity contribution in [1.29, 1.82) is 5.41 Å². The number of hydrogen-bond acceptors (Lipinski definition) is 6. The highest BCUT2D eigenvalue weighted by molar-refractivity contribution is 6.34. The van der Waals surface area contributed by atoms with Gasteiger partial charge < -0.3 is 15.3 Å². The van der Waals surface area contributed by atoms with Crippen molar-refractivity contribution in [2.75, 3.05) is 13.1 Å². The molecule has 0 spiro atoms. The molecule has 1 saturated heterocycles. The first-order valence-electron chi connectivity index (χ1n) is 13.4. The fourth-order valence-corrected chi connectivity index (χ4v) is 5.96. The molecule has 2 aromatic rings. The van der Waals surface area contributed by atoms with E-state index in [2.05, 4.69) is 10.5 Å². The van der Waals surface area contributed by atoms with Crippen LogP contribution in [0.2, 0.25) is 5.02 Å².